The first-order chi connectivity index (χ1) is 28.7. The zero-order valence-corrected chi connectivity index (χ0v) is 31.1. The van der Waals surface area contributed by atoms with Crippen LogP contribution in [0.1, 0.15) is 0 Å². The predicted octanol–water partition coefficient (Wildman–Crippen LogP) is 13.6. The smallest absolute Gasteiger partial charge is 0.227 e. The number of rotatable bonds is 7. The van der Waals surface area contributed by atoms with E-state index >= 15 is 0 Å². The van der Waals surface area contributed by atoms with Crippen molar-refractivity contribution in [1.82, 2.24) is 19.9 Å². The molecule has 58 heavy (non-hydrogen) atoms. The van der Waals surface area contributed by atoms with E-state index in [9.17, 15) is 0 Å². The van der Waals surface area contributed by atoms with Crippen LogP contribution in [0.25, 0.3) is 112 Å². The maximum atomic E-state index is 6.56. The summed E-state index contributed by atoms with van der Waals surface area (Å²) < 4.78 is 13.0. The topological polar surface area (TPSA) is 77.8 Å². The summed E-state index contributed by atoms with van der Waals surface area (Å²) in [4.78, 5) is 20.0. The number of furan rings is 1. The molecule has 8 aromatic carbocycles. The molecule has 11 rings (SSSR count). The molecule has 0 spiro atoms. The van der Waals surface area contributed by atoms with Crippen molar-refractivity contribution in [1.29, 1.82) is 0 Å². The van der Waals surface area contributed by atoms with E-state index in [0.29, 0.717) is 28.9 Å². The molecule has 6 heteroatoms. The summed E-state index contributed by atoms with van der Waals surface area (Å²) in [5, 5.41) is 1.91. The van der Waals surface area contributed by atoms with Crippen LogP contribution in [0.4, 0.5) is 0 Å². The van der Waals surface area contributed by atoms with Crippen molar-refractivity contribution >= 4 is 33.0 Å². The second-order valence-corrected chi connectivity index (χ2v) is 14.2. The largest absolute Gasteiger partial charge is 0.456 e. The predicted molar refractivity (Wildman–Crippen MR) is 233 cm³/mol. The van der Waals surface area contributed by atoms with Crippen molar-refractivity contribution in [2.45, 2.75) is 0 Å². The molecule has 0 radical (unpaired) electrons. The highest BCUT2D eigenvalue weighted by molar-refractivity contribution is 6.13. The van der Waals surface area contributed by atoms with E-state index in [-0.39, 0.29) is 0 Å². The highest BCUT2D eigenvalue weighted by atomic mass is 16.3. The first-order valence-electron chi connectivity index (χ1n) is 19.2. The molecule has 3 heterocycles. The van der Waals surface area contributed by atoms with Crippen LogP contribution in [0, 0.1) is 0 Å². The fraction of sp³-hybridized carbons (Fsp3) is 0. The summed E-state index contributed by atoms with van der Waals surface area (Å²) in [5.41, 5.74) is 13.2. The third kappa shape index (κ3) is 6.01. The molecule has 6 nitrogen and oxygen atoms in total. The molecule has 0 unspecified atom stereocenters. The second kappa shape index (κ2) is 14.0. The van der Waals surface area contributed by atoms with Gasteiger partial charge in [0.05, 0.1) is 0 Å². The van der Waals surface area contributed by atoms with Crippen molar-refractivity contribution < 1.29 is 8.83 Å². The number of aromatic nitrogens is 4. The van der Waals surface area contributed by atoms with Gasteiger partial charge in [0.15, 0.2) is 23.1 Å². The Hall–Kier alpha value is -7.96. The quantitative estimate of drug-likeness (QED) is 0.162. The lowest BCUT2D eigenvalue weighted by molar-refractivity contribution is 0.620. The van der Waals surface area contributed by atoms with Crippen LogP contribution < -0.4 is 0 Å². The molecule has 0 saturated heterocycles. The maximum Gasteiger partial charge on any atom is 0.227 e. The standard InChI is InChI=1S/C52H32N4O2/c1-4-14-33(15-5-1)36-20-12-21-39(30-36)40-22-10-11-23-41(40)52-53-44-28-26-38(32-47(44)58-52)37-27-29-45-43(31-37)48-42(24-13-25-46(48)57-45)51-55-49(34-16-6-2-7-17-34)54-50(56-51)35-18-8-3-9-19-35/h1-32H. The number of fused-ring (bicyclic) bond motifs is 4. The summed E-state index contributed by atoms with van der Waals surface area (Å²) in [6.45, 7) is 0. The summed E-state index contributed by atoms with van der Waals surface area (Å²) >= 11 is 0. The normalized spacial score (nSPS) is 11.4. The molecular weight excluding hydrogens is 713 g/mol. The van der Waals surface area contributed by atoms with E-state index < -0.39 is 0 Å². The maximum absolute atomic E-state index is 6.56. The van der Waals surface area contributed by atoms with Crippen LogP contribution in [0.2, 0.25) is 0 Å². The van der Waals surface area contributed by atoms with Crippen LogP contribution in [-0.2, 0) is 0 Å². The molecule has 0 N–H and O–H groups in total. The molecule has 0 amide bonds. The molecule has 11 aromatic rings. The van der Waals surface area contributed by atoms with E-state index in [4.69, 9.17) is 28.8 Å². The van der Waals surface area contributed by atoms with Gasteiger partial charge in [-0.1, -0.05) is 152 Å². The van der Waals surface area contributed by atoms with Gasteiger partial charge < -0.3 is 8.83 Å². The average Bonchev–Trinajstić information content (AvgIpc) is 3.91. The van der Waals surface area contributed by atoms with Gasteiger partial charge in [-0.25, -0.2) is 19.9 Å². The second-order valence-electron chi connectivity index (χ2n) is 14.2. The van der Waals surface area contributed by atoms with Crippen molar-refractivity contribution in [2.75, 3.05) is 0 Å². The Morgan fingerprint density at radius 1 is 0.293 bits per heavy atom. The number of hydrogen-bond donors (Lipinski definition) is 0. The van der Waals surface area contributed by atoms with Crippen molar-refractivity contribution in [3.63, 3.8) is 0 Å². The minimum absolute atomic E-state index is 0.578. The van der Waals surface area contributed by atoms with Crippen LogP contribution >= 0.6 is 0 Å². The summed E-state index contributed by atoms with van der Waals surface area (Å²) in [5.74, 6) is 2.38. The summed E-state index contributed by atoms with van der Waals surface area (Å²) in [6.07, 6.45) is 0. The summed E-state index contributed by atoms with van der Waals surface area (Å²) in [6, 6.07) is 65.9. The Kier molecular flexibility index (Phi) is 8.04. The van der Waals surface area contributed by atoms with E-state index in [1.807, 2.05) is 97.1 Å². The Balaban J connectivity index is 0.995. The van der Waals surface area contributed by atoms with Crippen molar-refractivity contribution in [3.05, 3.63) is 194 Å². The molecule has 3 aromatic heterocycles. The minimum Gasteiger partial charge on any atom is -0.456 e. The fourth-order valence-corrected chi connectivity index (χ4v) is 7.76. The van der Waals surface area contributed by atoms with Gasteiger partial charge in [-0.2, -0.15) is 0 Å². The van der Waals surface area contributed by atoms with E-state index in [1.54, 1.807) is 0 Å². The molecule has 0 bridgehead atoms. The lowest BCUT2D eigenvalue weighted by Crippen LogP contribution is -2.00. The number of benzene rings is 8. The molecule has 0 atom stereocenters. The SMILES string of the molecule is c1ccc(-c2cccc(-c3ccccc3-c3nc4ccc(-c5ccc6oc7cccc(-c8nc(-c9ccccc9)nc(-c9ccccc9)n8)c7c6c5)cc4o3)c2)cc1. The van der Waals surface area contributed by atoms with Gasteiger partial charge >= 0.3 is 0 Å². The van der Waals surface area contributed by atoms with Gasteiger partial charge in [-0.05, 0) is 75.8 Å². The van der Waals surface area contributed by atoms with Crippen LogP contribution in [-0.4, -0.2) is 19.9 Å². The third-order valence-corrected chi connectivity index (χ3v) is 10.6. The lowest BCUT2D eigenvalue weighted by Gasteiger charge is -2.09. The van der Waals surface area contributed by atoms with E-state index in [1.165, 1.54) is 5.56 Å². The molecular formula is C52H32N4O2. The van der Waals surface area contributed by atoms with Crippen molar-refractivity contribution in [3.8, 4) is 79.0 Å². The number of oxazole rings is 1. The van der Waals surface area contributed by atoms with E-state index in [0.717, 1.165) is 77.5 Å². The minimum atomic E-state index is 0.578. The average molecular weight is 745 g/mol. The van der Waals surface area contributed by atoms with Gasteiger partial charge in [-0.3, -0.25) is 0 Å². The van der Waals surface area contributed by atoms with Gasteiger partial charge in [-0.15, -0.1) is 0 Å². The zero-order valence-electron chi connectivity index (χ0n) is 31.1. The third-order valence-electron chi connectivity index (χ3n) is 10.6. The number of nitrogens with zero attached hydrogens (tertiary/aromatic N) is 4. The number of hydrogen-bond acceptors (Lipinski definition) is 6. The fourth-order valence-electron chi connectivity index (χ4n) is 7.76. The first kappa shape index (κ1) is 33.4. The lowest BCUT2D eigenvalue weighted by atomic mass is 9.96. The molecule has 0 fully saturated rings. The Morgan fingerprint density at radius 2 is 0.845 bits per heavy atom. The van der Waals surface area contributed by atoms with Crippen LogP contribution in [0.5, 0.6) is 0 Å². The molecule has 272 valence electrons. The first-order valence-corrected chi connectivity index (χ1v) is 19.2. The Bertz CT molecular complexity index is 3220. The highest BCUT2D eigenvalue weighted by Crippen LogP contribution is 2.40. The van der Waals surface area contributed by atoms with Gasteiger partial charge in [0.2, 0.25) is 5.89 Å². The molecule has 0 aliphatic carbocycles. The molecule has 0 aliphatic rings. The van der Waals surface area contributed by atoms with Gasteiger partial charge in [0.1, 0.15) is 16.7 Å². The van der Waals surface area contributed by atoms with Crippen molar-refractivity contribution in [2.24, 2.45) is 0 Å². The highest BCUT2D eigenvalue weighted by Gasteiger charge is 2.19. The Labute approximate surface area is 333 Å². The van der Waals surface area contributed by atoms with Crippen LogP contribution in [0.3, 0.4) is 0 Å². The van der Waals surface area contributed by atoms with Gasteiger partial charge in [0.25, 0.3) is 0 Å². The van der Waals surface area contributed by atoms with Crippen LogP contribution in [0.15, 0.2) is 203 Å². The van der Waals surface area contributed by atoms with E-state index in [2.05, 4.69) is 97.1 Å². The monoisotopic (exact) mass is 744 g/mol. The van der Waals surface area contributed by atoms with Gasteiger partial charge in [0, 0.05) is 33.0 Å². The molecule has 0 saturated carbocycles. The zero-order chi connectivity index (χ0) is 38.4. The molecule has 0 aliphatic heterocycles. The summed E-state index contributed by atoms with van der Waals surface area (Å²) in [7, 11) is 0. The Morgan fingerprint density at radius 3 is 1.59 bits per heavy atom.